The van der Waals surface area contributed by atoms with E-state index in [1.807, 2.05) is 0 Å². The number of rotatable bonds is 5. The molecule has 9 heteroatoms. The molecule has 1 rings (SSSR count). The fourth-order valence-corrected chi connectivity index (χ4v) is 1.89. The number of aliphatic hydroxyl groups is 6. The van der Waals surface area contributed by atoms with Gasteiger partial charge in [0.25, 0.3) is 0 Å². The molecule has 0 radical (unpaired) electrons. The van der Waals surface area contributed by atoms with Gasteiger partial charge in [-0.2, -0.15) is 0 Å². The Balaban J connectivity index is 3.01. The summed E-state index contributed by atoms with van der Waals surface area (Å²) < 4.78 is 5.08. The first-order valence-electron chi connectivity index (χ1n) is 5.94. The summed E-state index contributed by atoms with van der Waals surface area (Å²) in [5.41, 5.74) is 0. The van der Waals surface area contributed by atoms with Crippen molar-refractivity contribution >= 4 is 5.91 Å². The van der Waals surface area contributed by atoms with Gasteiger partial charge in [0.15, 0.2) is 5.76 Å². The van der Waals surface area contributed by atoms with E-state index in [9.17, 15) is 20.1 Å². The van der Waals surface area contributed by atoms with Gasteiger partial charge in [-0.3, -0.25) is 4.79 Å². The van der Waals surface area contributed by atoms with Gasteiger partial charge in [0.1, 0.15) is 18.3 Å². The zero-order chi connectivity index (χ0) is 15.4. The predicted molar refractivity (Wildman–Crippen MR) is 63.9 cm³/mol. The van der Waals surface area contributed by atoms with Gasteiger partial charge in [-0.05, 0) is 6.08 Å². The van der Waals surface area contributed by atoms with Crippen LogP contribution in [0.4, 0.5) is 0 Å². The summed E-state index contributed by atoms with van der Waals surface area (Å²) in [6.45, 7) is 0.406. The molecule has 1 amide bonds. The van der Waals surface area contributed by atoms with Gasteiger partial charge in [-0.1, -0.05) is 0 Å². The average molecular weight is 293 g/mol. The Morgan fingerprint density at radius 3 is 2.45 bits per heavy atom. The quantitative estimate of drug-likeness (QED) is 0.254. The van der Waals surface area contributed by atoms with Crippen LogP contribution in [-0.4, -0.2) is 79.9 Å². The number of carbonyl (C=O) groups excluding carboxylic acids is 1. The molecule has 0 aliphatic carbocycles. The molecule has 0 fully saturated rings. The molecule has 116 valence electrons. The van der Waals surface area contributed by atoms with Gasteiger partial charge in [0.2, 0.25) is 12.2 Å². The van der Waals surface area contributed by atoms with Crippen molar-refractivity contribution in [2.45, 2.75) is 43.7 Å². The lowest BCUT2D eigenvalue weighted by Crippen LogP contribution is -2.60. The van der Waals surface area contributed by atoms with Crippen LogP contribution in [0.3, 0.4) is 0 Å². The fraction of sp³-hybridized carbons (Fsp3) is 0.727. The normalized spacial score (nSPS) is 29.4. The van der Waals surface area contributed by atoms with Crippen LogP contribution in [0.1, 0.15) is 6.92 Å². The van der Waals surface area contributed by atoms with E-state index in [1.54, 1.807) is 0 Å². The van der Waals surface area contributed by atoms with Gasteiger partial charge in [0, 0.05) is 6.92 Å². The zero-order valence-corrected chi connectivity index (χ0v) is 10.7. The van der Waals surface area contributed by atoms with E-state index < -0.39 is 55.0 Å². The third kappa shape index (κ3) is 3.88. The van der Waals surface area contributed by atoms with Crippen LogP contribution in [0, 0.1) is 0 Å². The second kappa shape index (κ2) is 6.97. The minimum absolute atomic E-state index is 0.423. The van der Waals surface area contributed by atoms with E-state index in [0.29, 0.717) is 0 Å². The van der Waals surface area contributed by atoms with Crippen molar-refractivity contribution in [3.8, 4) is 0 Å². The van der Waals surface area contributed by atoms with E-state index in [0.717, 1.165) is 6.08 Å². The van der Waals surface area contributed by atoms with Crippen LogP contribution in [0.5, 0.6) is 0 Å². The van der Waals surface area contributed by atoms with Crippen molar-refractivity contribution in [1.82, 2.24) is 5.32 Å². The lowest BCUT2D eigenvalue weighted by Gasteiger charge is -2.39. The minimum atomic E-state index is -2.02. The molecule has 0 saturated heterocycles. The number of ether oxygens (including phenoxy) is 1. The predicted octanol–water partition coefficient (Wildman–Crippen LogP) is -3.84. The molecule has 0 spiro atoms. The van der Waals surface area contributed by atoms with Gasteiger partial charge < -0.3 is 40.7 Å². The van der Waals surface area contributed by atoms with E-state index in [-0.39, 0.29) is 0 Å². The maximum Gasteiger partial charge on any atom is 0.217 e. The summed E-state index contributed by atoms with van der Waals surface area (Å²) in [7, 11) is 0. The summed E-state index contributed by atoms with van der Waals surface area (Å²) in [5.74, 6) is -0.942. The summed E-state index contributed by atoms with van der Waals surface area (Å²) in [6, 6.07) is -1.12. The maximum absolute atomic E-state index is 11.1. The van der Waals surface area contributed by atoms with Crippen molar-refractivity contribution in [2.75, 3.05) is 6.61 Å². The molecule has 0 aromatic carbocycles. The molecule has 1 heterocycles. The number of aliphatic hydroxyl groups excluding tert-OH is 5. The molecule has 5 atom stereocenters. The number of hydrogen-bond acceptors (Lipinski definition) is 8. The molecule has 1 aliphatic rings. The molecular weight excluding hydrogens is 274 g/mol. The Labute approximate surface area is 114 Å². The highest BCUT2D eigenvalue weighted by Gasteiger charge is 2.42. The van der Waals surface area contributed by atoms with Gasteiger partial charge >= 0.3 is 0 Å². The third-order valence-corrected chi connectivity index (χ3v) is 2.87. The molecule has 0 aromatic heterocycles. The van der Waals surface area contributed by atoms with Crippen LogP contribution in [0.2, 0.25) is 0 Å². The Bertz CT molecular complexity index is 371. The zero-order valence-electron chi connectivity index (χ0n) is 10.7. The molecule has 0 aromatic rings. The van der Waals surface area contributed by atoms with Crippen LogP contribution in [0.15, 0.2) is 11.8 Å². The highest BCUT2D eigenvalue weighted by Crippen LogP contribution is 2.23. The first kappa shape index (κ1) is 16.8. The second-order valence-corrected chi connectivity index (χ2v) is 4.48. The summed E-state index contributed by atoms with van der Waals surface area (Å²) >= 11 is 0. The smallest absolute Gasteiger partial charge is 0.217 e. The Morgan fingerprint density at radius 1 is 1.40 bits per heavy atom. The molecule has 1 aliphatic heterocycles. The molecule has 0 saturated carbocycles. The standard InChI is InChI=1S/C11H19NO8/c1-4(14)12-8-5(15)2-7(11(18)19)20-10(8)9(17)6(16)3-13/h2,5-6,8-11,13,15-19H,3H2,1H3,(H,12,14)/t5-,6+,8+,9?,10+/m0/s1. The van der Waals surface area contributed by atoms with Crippen molar-refractivity contribution in [1.29, 1.82) is 0 Å². The number of nitrogens with one attached hydrogen (secondary N) is 1. The van der Waals surface area contributed by atoms with Crippen molar-refractivity contribution < 1.29 is 40.2 Å². The van der Waals surface area contributed by atoms with Gasteiger partial charge in [-0.25, -0.2) is 0 Å². The maximum atomic E-state index is 11.1. The van der Waals surface area contributed by atoms with Gasteiger partial charge in [0.05, 0.1) is 18.8 Å². The monoisotopic (exact) mass is 293 g/mol. The van der Waals surface area contributed by atoms with Crippen molar-refractivity contribution in [3.05, 3.63) is 11.8 Å². The van der Waals surface area contributed by atoms with E-state index in [4.69, 9.17) is 20.1 Å². The van der Waals surface area contributed by atoms with Crippen LogP contribution < -0.4 is 5.32 Å². The first-order valence-corrected chi connectivity index (χ1v) is 5.94. The van der Waals surface area contributed by atoms with E-state index >= 15 is 0 Å². The topological polar surface area (TPSA) is 160 Å². The molecule has 20 heavy (non-hydrogen) atoms. The summed E-state index contributed by atoms with van der Waals surface area (Å²) in [5, 5.41) is 58.3. The van der Waals surface area contributed by atoms with E-state index in [2.05, 4.69) is 5.32 Å². The number of amides is 1. The van der Waals surface area contributed by atoms with Crippen LogP contribution in [-0.2, 0) is 9.53 Å². The largest absolute Gasteiger partial charge is 0.485 e. The first-order chi connectivity index (χ1) is 9.27. The lowest BCUT2D eigenvalue weighted by atomic mass is 9.93. The Hall–Kier alpha value is -1.23. The Kier molecular flexibility index (Phi) is 5.87. The molecular formula is C11H19NO8. The molecule has 0 bridgehead atoms. The average Bonchev–Trinajstić information content (AvgIpc) is 2.38. The van der Waals surface area contributed by atoms with Crippen LogP contribution in [0.25, 0.3) is 0 Å². The second-order valence-electron chi connectivity index (χ2n) is 4.48. The number of hydrogen-bond donors (Lipinski definition) is 7. The number of carbonyl (C=O) groups is 1. The third-order valence-electron chi connectivity index (χ3n) is 2.87. The highest BCUT2D eigenvalue weighted by molar-refractivity contribution is 5.73. The molecule has 1 unspecified atom stereocenters. The summed E-state index contributed by atoms with van der Waals surface area (Å²) in [4.78, 5) is 11.1. The lowest BCUT2D eigenvalue weighted by molar-refractivity contribution is -0.147. The van der Waals surface area contributed by atoms with Gasteiger partial charge in [-0.15, -0.1) is 0 Å². The Morgan fingerprint density at radius 2 is 2.00 bits per heavy atom. The highest BCUT2D eigenvalue weighted by atomic mass is 16.6. The SMILES string of the molecule is CC(=O)N[C@@H]1[C@@H](O)C=C(C(O)O)O[C@H]1C(O)[C@H](O)CO. The fourth-order valence-electron chi connectivity index (χ4n) is 1.89. The van der Waals surface area contributed by atoms with Crippen molar-refractivity contribution in [3.63, 3.8) is 0 Å². The van der Waals surface area contributed by atoms with Crippen LogP contribution >= 0.6 is 0 Å². The molecule has 7 N–H and O–H groups in total. The minimum Gasteiger partial charge on any atom is -0.485 e. The molecule has 9 nitrogen and oxygen atoms in total. The summed E-state index contributed by atoms with van der Waals surface area (Å²) in [6.07, 6.45) is -7.02. The van der Waals surface area contributed by atoms with E-state index in [1.165, 1.54) is 6.92 Å². The van der Waals surface area contributed by atoms with Crippen molar-refractivity contribution in [2.24, 2.45) is 0 Å².